The summed E-state index contributed by atoms with van der Waals surface area (Å²) in [5.41, 5.74) is 0.0342. The summed E-state index contributed by atoms with van der Waals surface area (Å²) in [5, 5.41) is 20.5. The van der Waals surface area contributed by atoms with Crippen LogP contribution in [0.2, 0.25) is 0 Å². The summed E-state index contributed by atoms with van der Waals surface area (Å²) in [7, 11) is 0. The Bertz CT molecular complexity index is 1150. The summed E-state index contributed by atoms with van der Waals surface area (Å²) < 4.78 is 10.4. The Kier molecular flexibility index (Phi) is 12.9. The van der Waals surface area contributed by atoms with E-state index in [1.165, 1.54) is 0 Å². The molecule has 0 spiro atoms. The van der Waals surface area contributed by atoms with Crippen LogP contribution in [0.3, 0.4) is 0 Å². The number of hydrogen-bond acceptors (Lipinski definition) is 7. The van der Waals surface area contributed by atoms with Gasteiger partial charge in [0.05, 0.1) is 12.6 Å². The molecule has 0 saturated carbocycles. The molecule has 2 unspecified atom stereocenters. The van der Waals surface area contributed by atoms with Crippen LogP contribution in [-0.4, -0.2) is 65.9 Å². The molecule has 0 saturated heterocycles. The predicted molar refractivity (Wildman–Crippen MR) is 153 cm³/mol. The van der Waals surface area contributed by atoms with Gasteiger partial charge in [-0.05, 0) is 49.9 Å². The number of unbranched alkanes of at least 4 members (excludes halogenated alkanes) is 1. The largest absolute Gasteiger partial charge is 0.464 e. The van der Waals surface area contributed by atoms with Crippen molar-refractivity contribution in [3.8, 4) is 0 Å². The lowest BCUT2D eigenvalue weighted by atomic mass is 10.00. The number of fused-ring (bicyclic) bond motifs is 1. The molecule has 0 aliphatic carbocycles. The predicted octanol–water partition coefficient (Wildman–Crippen LogP) is 3.38. The minimum absolute atomic E-state index is 0.153. The van der Waals surface area contributed by atoms with Crippen LogP contribution in [0.1, 0.15) is 65.9 Å². The maximum atomic E-state index is 13.4. The van der Waals surface area contributed by atoms with Crippen LogP contribution in [0.25, 0.3) is 10.8 Å². The molecule has 10 heteroatoms. The number of amides is 3. The third-order valence-electron chi connectivity index (χ3n) is 6.01. The highest BCUT2D eigenvalue weighted by Gasteiger charge is 2.31. The first-order valence-electron chi connectivity index (χ1n) is 13.8. The lowest BCUT2D eigenvalue weighted by Crippen LogP contribution is -2.56. The van der Waals surface area contributed by atoms with Gasteiger partial charge in [-0.15, -0.1) is 0 Å². The fourth-order valence-electron chi connectivity index (χ4n) is 3.99. The van der Waals surface area contributed by atoms with Crippen molar-refractivity contribution in [2.75, 3.05) is 13.2 Å². The van der Waals surface area contributed by atoms with Gasteiger partial charge < -0.3 is 30.5 Å². The van der Waals surface area contributed by atoms with Gasteiger partial charge in [0.1, 0.15) is 18.2 Å². The quantitative estimate of drug-likeness (QED) is 0.206. The van der Waals surface area contributed by atoms with Crippen LogP contribution < -0.4 is 16.0 Å². The van der Waals surface area contributed by atoms with E-state index in [-0.39, 0.29) is 19.4 Å². The molecule has 0 heterocycles. The van der Waals surface area contributed by atoms with Crippen molar-refractivity contribution in [2.45, 2.75) is 90.5 Å². The number of carbonyl (C=O) groups is 4. The molecule has 0 radical (unpaired) electrons. The van der Waals surface area contributed by atoms with Gasteiger partial charge in [-0.3, -0.25) is 14.4 Å². The van der Waals surface area contributed by atoms with Gasteiger partial charge in [0.15, 0.2) is 6.10 Å². The topological polar surface area (TPSA) is 143 Å². The number of ether oxygens (including phenoxy) is 2. The van der Waals surface area contributed by atoms with Crippen molar-refractivity contribution in [3.63, 3.8) is 0 Å². The van der Waals surface area contributed by atoms with E-state index in [1.807, 2.05) is 56.3 Å². The number of aliphatic hydroxyl groups is 1. The molecule has 2 rings (SSSR count). The summed E-state index contributed by atoms with van der Waals surface area (Å²) >= 11 is 0. The van der Waals surface area contributed by atoms with E-state index in [0.717, 1.165) is 22.8 Å². The molecule has 2 aromatic carbocycles. The maximum Gasteiger partial charge on any atom is 0.408 e. The smallest absolute Gasteiger partial charge is 0.408 e. The van der Waals surface area contributed by atoms with Crippen LogP contribution in [-0.2, 0) is 30.3 Å². The molecule has 4 N–H and O–H groups in total. The summed E-state index contributed by atoms with van der Waals surface area (Å²) in [6.07, 6.45) is 0.197. The standard InChI is InChI=1S/C30H43N3O7/c1-6-8-16-39-25(34)19-31-28(37)26(35)23(11-7-2)32-27(36)24(33-29(38)40-30(3,4)5)18-20-14-15-21-12-9-10-13-22(21)17-20/h9-10,12-15,17,23-24,26,35H,6-8,11,16,18-19H2,1-5H3,(H,31,37)(H,32,36)(H,33,38)/t23?,24-,26?/m0/s1. The number of benzene rings is 2. The fourth-order valence-corrected chi connectivity index (χ4v) is 3.99. The van der Waals surface area contributed by atoms with Gasteiger partial charge in [0, 0.05) is 6.42 Å². The SMILES string of the molecule is CCCCOC(=O)CNC(=O)C(O)C(CCC)NC(=O)[C@H](Cc1ccc2ccccc2c1)NC(=O)OC(C)(C)C. The van der Waals surface area contributed by atoms with E-state index >= 15 is 0 Å². The average molecular weight is 558 g/mol. The Labute approximate surface area is 236 Å². The summed E-state index contributed by atoms with van der Waals surface area (Å²) in [4.78, 5) is 50.5. The number of alkyl carbamates (subject to hydrolysis) is 1. The molecule has 220 valence electrons. The molecule has 3 amide bonds. The minimum atomic E-state index is -1.62. The Balaban J connectivity index is 2.15. The molecule has 0 bridgehead atoms. The molecule has 0 aromatic heterocycles. The number of aliphatic hydroxyl groups excluding tert-OH is 1. The molecule has 2 aromatic rings. The van der Waals surface area contributed by atoms with Crippen molar-refractivity contribution in [1.29, 1.82) is 0 Å². The zero-order valence-electron chi connectivity index (χ0n) is 24.1. The summed E-state index contributed by atoms with van der Waals surface area (Å²) in [6, 6.07) is 11.6. The van der Waals surface area contributed by atoms with Crippen molar-refractivity contribution in [1.82, 2.24) is 16.0 Å². The maximum absolute atomic E-state index is 13.4. The lowest BCUT2D eigenvalue weighted by molar-refractivity contribution is -0.145. The van der Waals surface area contributed by atoms with Gasteiger partial charge in [-0.1, -0.05) is 69.2 Å². The Morgan fingerprint density at radius 2 is 1.62 bits per heavy atom. The van der Waals surface area contributed by atoms with Gasteiger partial charge in [0.25, 0.3) is 5.91 Å². The fraction of sp³-hybridized carbons (Fsp3) is 0.533. The Morgan fingerprint density at radius 1 is 0.925 bits per heavy atom. The molecule has 40 heavy (non-hydrogen) atoms. The highest BCUT2D eigenvalue weighted by Crippen LogP contribution is 2.17. The van der Waals surface area contributed by atoms with E-state index in [0.29, 0.717) is 12.8 Å². The van der Waals surface area contributed by atoms with Crippen LogP contribution in [0.4, 0.5) is 4.79 Å². The zero-order valence-corrected chi connectivity index (χ0v) is 24.1. The number of carbonyl (C=O) groups excluding carboxylic acids is 4. The molecular formula is C30H43N3O7. The second-order valence-electron chi connectivity index (χ2n) is 10.7. The van der Waals surface area contributed by atoms with Gasteiger partial charge in [0.2, 0.25) is 5.91 Å². The Morgan fingerprint density at radius 3 is 2.27 bits per heavy atom. The van der Waals surface area contributed by atoms with E-state index in [9.17, 15) is 24.3 Å². The molecule has 0 aliphatic heterocycles. The van der Waals surface area contributed by atoms with Crippen molar-refractivity contribution >= 4 is 34.6 Å². The first kappa shape index (κ1) is 32.6. The first-order valence-corrected chi connectivity index (χ1v) is 13.8. The minimum Gasteiger partial charge on any atom is -0.464 e. The monoisotopic (exact) mass is 557 g/mol. The third-order valence-corrected chi connectivity index (χ3v) is 6.01. The van der Waals surface area contributed by atoms with E-state index in [2.05, 4.69) is 16.0 Å². The van der Waals surface area contributed by atoms with E-state index in [4.69, 9.17) is 9.47 Å². The molecule has 0 aliphatic rings. The Hall–Kier alpha value is -3.66. The summed E-state index contributed by atoms with van der Waals surface area (Å²) in [5.74, 6) is -2.00. The van der Waals surface area contributed by atoms with Crippen LogP contribution in [0.15, 0.2) is 42.5 Å². The van der Waals surface area contributed by atoms with E-state index < -0.39 is 54.2 Å². The zero-order chi connectivity index (χ0) is 29.7. The van der Waals surface area contributed by atoms with Gasteiger partial charge in [-0.25, -0.2) is 4.79 Å². The van der Waals surface area contributed by atoms with Crippen LogP contribution >= 0.6 is 0 Å². The third kappa shape index (κ3) is 11.2. The average Bonchev–Trinajstić information content (AvgIpc) is 2.89. The molecule has 0 fully saturated rings. The number of nitrogens with one attached hydrogen (secondary N) is 3. The van der Waals surface area contributed by atoms with Crippen molar-refractivity contribution in [3.05, 3.63) is 48.0 Å². The lowest BCUT2D eigenvalue weighted by Gasteiger charge is -2.27. The molecule has 10 nitrogen and oxygen atoms in total. The van der Waals surface area contributed by atoms with Crippen LogP contribution in [0, 0.1) is 0 Å². The molecular weight excluding hydrogens is 514 g/mol. The van der Waals surface area contributed by atoms with Gasteiger partial charge >= 0.3 is 12.1 Å². The number of hydrogen-bond donors (Lipinski definition) is 4. The van der Waals surface area contributed by atoms with Gasteiger partial charge in [-0.2, -0.15) is 0 Å². The highest BCUT2D eigenvalue weighted by molar-refractivity contribution is 5.89. The number of esters is 1. The molecule has 3 atom stereocenters. The van der Waals surface area contributed by atoms with E-state index in [1.54, 1.807) is 20.8 Å². The van der Waals surface area contributed by atoms with Crippen molar-refractivity contribution in [2.24, 2.45) is 0 Å². The summed E-state index contributed by atoms with van der Waals surface area (Å²) in [6.45, 7) is 8.83. The normalized spacial score (nSPS) is 13.6. The first-order chi connectivity index (χ1) is 18.9. The number of rotatable bonds is 14. The highest BCUT2D eigenvalue weighted by atomic mass is 16.6. The second-order valence-corrected chi connectivity index (χ2v) is 10.7. The van der Waals surface area contributed by atoms with Crippen LogP contribution in [0.5, 0.6) is 0 Å². The van der Waals surface area contributed by atoms with Crippen molar-refractivity contribution < 1.29 is 33.8 Å². The second kappa shape index (κ2) is 15.8.